The molecular formula is C12H19N3O2. The molecule has 3 heterocycles. The third-order valence-electron chi connectivity index (χ3n) is 3.47. The van der Waals surface area contributed by atoms with Crippen LogP contribution >= 0.6 is 0 Å². The average molecular weight is 237 g/mol. The van der Waals surface area contributed by atoms with Crippen LogP contribution < -0.4 is 10.1 Å². The van der Waals surface area contributed by atoms with E-state index in [2.05, 4.69) is 10.4 Å². The Morgan fingerprint density at radius 2 is 2.18 bits per heavy atom. The van der Waals surface area contributed by atoms with Gasteiger partial charge < -0.3 is 14.8 Å². The Hall–Kier alpha value is -1.07. The van der Waals surface area contributed by atoms with Crippen molar-refractivity contribution in [3.05, 3.63) is 11.9 Å². The fourth-order valence-electron chi connectivity index (χ4n) is 2.35. The minimum Gasteiger partial charge on any atom is -0.484 e. The van der Waals surface area contributed by atoms with Crippen molar-refractivity contribution in [3.63, 3.8) is 0 Å². The first kappa shape index (κ1) is 11.0. The Kier molecular flexibility index (Phi) is 3.03. The second-order valence-electron chi connectivity index (χ2n) is 4.84. The van der Waals surface area contributed by atoms with Crippen LogP contribution in [-0.4, -0.2) is 42.2 Å². The molecule has 2 aliphatic rings. The topological polar surface area (TPSA) is 48.3 Å². The summed E-state index contributed by atoms with van der Waals surface area (Å²) >= 11 is 0. The molecule has 1 aromatic rings. The zero-order valence-corrected chi connectivity index (χ0v) is 10.2. The largest absolute Gasteiger partial charge is 0.484 e. The Bertz CT molecular complexity index is 381. The van der Waals surface area contributed by atoms with E-state index in [4.69, 9.17) is 9.47 Å². The fraction of sp³-hybridized carbons (Fsp3) is 0.750. The molecule has 3 rings (SSSR count). The molecule has 0 unspecified atom stereocenters. The second-order valence-corrected chi connectivity index (χ2v) is 4.84. The summed E-state index contributed by atoms with van der Waals surface area (Å²) in [7, 11) is 1.95. The van der Waals surface area contributed by atoms with Crippen LogP contribution in [-0.2, 0) is 11.8 Å². The third kappa shape index (κ3) is 2.30. The lowest BCUT2D eigenvalue weighted by Crippen LogP contribution is -2.50. The van der Waals surface area contributed by atoms with Crippen molar-refractivity contribution in [2.75, 3.05) is 26.3 Å². The molecule has 0 radical (unpaired) electrons. The summed E-state index contributed by atoms with van der Waals surface area (Å²) < 4.78 is 13.2. The van der Waals surface area contributed by atoms with Gasteiger partial charge in [0.25, 0.3) is 0 Å². The smallest absolute Gasteiger partial charge is 0.161 e. The molecular weight excluding hydrogens is 218 g/mol. The van der Waals surface area contributed by atoms with Crippen molar-refractivity contribution in [1.82, 2.24) is 15.1 Å². The summed E-state index contributed by atoms with van der Waals surface area (Å²) in [5.74, 6) is 1.46. The fourth-order valence-corrected chi connectivity index (χ4v) is 2.35. The number of aromatic nitrogens is 2. The Balaban J connectivity index is 1.76. The highest BCUT2D eigenvalue weighted by Crippen LogP contribution is 2.33. The molecule has 0 amide bonds. The van der Waals surface area contributed by atoms with Crippen molar-refractivity contribution < 1.29 is 9.47 Å². The quantitative estimate of drug-likeness (QED) is 0.839. The van der Waals surface area contributed by atoms with Crippen molar-refractivity contribution in [3.8, 4) is 5.75 Å². The molecule has 0 saturated carbocycles. The van der Waals surface area contributed by atoms with E-state index in [1.165, 1.54) is 0 Å². The number of hydrogen-bond acceptors (Lipinski definition) is 4. The summed E-state index contributed by atoms with van der Waals surface area (Å²) in [4.78, 5) is 0. The summed E-state index contributed by atoms with van der Waals surface area (Å²) in [5, 5.41) is 7.78. The van der Waals surface area contributed by atoms with E-state index in [9.17, 15) is 0 Å². The number of hydrogen-bond donors (Lipinski definition) is 1. The maximum atomic E-state index is 5.97. The molecule has 2 aliphatic heterocycles. The lowest BCUT2D eigenvalue weighted by atomic mass is 9.96. The predicted octanol–water partition coefficient (Wildman–Crippen LogP) is 0.665. The zero-order chi connectivity index (χ0) is 11.7. The molecule has 5 nitrogen and oxygen atoms in total. The first-order valence-corrected chi connectivity index (χ1v) is 6.31. The Morgan fingerprint density at radius 1 is 1.41 bits per heavy atom. The number of ether oxygens (including phenoxy) is 2. The normalized spacial score (nSPS) is 22.4. The van der Waals surface area contributed by atoms with Gasteiger partial charge in [-0.15, -0.1) is 0 Å². The second kappa shape index (κ2) is 4.66. The Labute approximate surface area is 101 Å². The van der Waals surface area contributed by atoms with Crippen LogP contribution in [0, 0.1) is 0 Å². The molecule has 0 atom stereocenters. The summed E-state index contributed by atoms with van der Waals surface area (Å²) in [5.41, 5.74) is 1.11. The van der Waals surface area contributed by atoms with Gasteiger partial charge >= 0.3 is 0 Å². The molecule has 17 heavy (non-hydrogen) atoms. The number of aryl methyl sites for hydroxylation is 1. The van der Waals surface area contributed by atoms with Crippen LogP contribution in [0.5, 0.6) is 5.75 Å². The van der Waals surface area contributed by atoms with E-state index in [1.807, 2.05) is 17.9 Å². The first-order chi connectivity index (χ1) is 8.33. The van der Waals surface area contributed by atoms with Crippen molar-refractivity contribution >= 4 is 0 Å². The van der Waals surface area contributed by atoms with Gasteiger partial charge in [0.1, 0.15) is 11.8 Å². The van der Waals surface area contributed by atoms with Gasteiger partial charge in [0.2, 0.25) is 0 Å². The van der Waals surface area contributed by atoms with E-state index in [1.54, 1.807) is 0 Å². The molecule has 0 aromatic carbocycles. The van der Waals surface area contributed by atoms with Crippen LogP contribution in [0.4, 0.5) is 0 Å². The van der Waals surface area contributed by atoms with Gasteiger partial charge in [0, 0.05) is 39.3 Å². The van der Waals surface area contributed by atoms with E-state index < -0.39 is 0 Å². The van der Waals surface area contributed by atoms with Crippen molar-refractivity contribution in [2.24, 2.45) is 7.05 Å². The van der Waals surface area contributed by atoms with Gasteiger partial charge in [-0.25, -0.2) is 0 Å². The first-order valence-electron chi connectivity index (χ1n) is 6.31. The third-order valence-corrected chi connectivity index (χ3v) is 3.47. The number of nitrogens with zero attached hydrogens (tertiary/aromatic N) is 2. The number of nitrogens with one attached hydrogen (secondary N) is 1. The van der Waals surface area contributed by atoms with E-state index in [0.29, 0.717) is 12.0 Å². The highest BCUT2D eigenvalue weighted by atomic mass is 16.5. The predicted molar refractivity (Wildman–Crippen MR) is 63.3 cm³/mol. The summed E-state index contributed by atoms with van der Waals surface area (Å²) in [6.07, 6.45) is 4.41. The molecule has 2 fully saturated rings. The van der Waals surface area contributed by atoms with Gasteiger partial charge in [-0.05, 0) is 12.8 Å². The van der Waals surface area contributed by atoms with Crippen LogP contribution in [0.25, 0.3) is 0 Å². The van der Waals surface area contributed by atoms with Crippen LogP contribution in [0.3, 0.4) is 0 Å². The van der Waals surface area contributed by atoms with E-state index in [0.717, 1.165) is 50.6 Å². The highest BCUT2D eigenvalue weighted by molar-refractivity contribution is 5.29. The maximum absolute atomic E-state index is 5.97. The molecule has 5 heteroatoms. The summed E-state index contributed by atoms with van der Waals surface area (Å²) in [6.45, 7) is 3.57. The lowest BCUT2D eigenvalue weighted by molar-refractivity contribution is 0.0822. The maximum Gasteiger partial charge on any atom is 0.161 e. The van der Waals surface area contributed by atoms with Gasteiger partial charge in [0.05, 0.1) is 6.20 Å². The Morgan fingerprint density at radius 3 is 2.82 bits per heavy atom. The van der Waals surface area contributed by atoms with Crippen LogP contribution in [0.15, 0.2) is 6.20 Å². The molecule has 0 bridgehead atoms. The standard InChI is InChI=1S/C12H19N3O2/c1-15-8-11(17-10-6-13-7-10)12(14-15)9-2-4-16-5-3-9/h8-10,13H,2-7H2,1H3. The van der Waals surface area contributed by atoms with Gasteiger partial charge in [0.15, 0.2) is 5.75 Å². The van der Waals surface area contributed by atoms with E-state index >= 15 is 0 Å². The van der Waals surface area contributed by atoms with Crippen molar-refractivity contribution in [2.45, 2.75) is 24.9 Å². The molecule has 0 spiro atoms. The van der Waals surface area contributed by atoms with Crippen LogP contribution in [0.2, 0.25) is 0 Å². The minimum absolute atomic E-state index is 0.317. The monoisotopic (exact) mass is 237 g/mol. The highest BCUT2D eigenvalue weighted by Gasteiger charge is 2.26. The van der Waals surface area contributed by atoms with Crippen molar-refractivity contribution in [1.29, 1.82) is 0 Å². The van der Waals surface area contributed by atoms with E-state index in [-0.39, 0.29) is 0 Å². The molecule has 94 valence electrons. The van der Waals surface area contributed by atoms with Gasteiger partial charge in [-0.1, -0.05) is 0 Å². The molecule has 2 saturated heterocycles. The van der Waals surface area contributed by atoms with Crippen LogP contribution in [0.1, 0.15) is 24.5 Å². The van der Waals surface area contributed by atoms with Gasteiger partial charge in [-0.3, -0.25) is 4.68 Å². The zero-order valence-electron chi connectivity index (χ0n) is 10.2. The number of rotatable bonds is 3. The summed E-state index contributed by atoms with van der Waals surface area (Å²) in [6, 6.07) is 0. The molecule has 1 aromatic heterocycles. The SMILES string of the molecule is Cn1cc(OC2CNC2)c(C2CCOCC2)n1. The molecule has 1 N–H and O–H groups in total. The minimum atomic E-state index is 0.317. The van der Waals surface area contributed by atoms with Gasteiger partial charge in [-0.2, -0.15) is 5.10 Å². The lowest BCUT2D eigenvalue weighted by Gasteiger charge is -2.28. The molecule has 0 aliphatic carbocycles. The average Bonchev–Trinajstić information content (AvgIpc) is 2.66.